The summed E-state index contributed by atoms with van der Waals surface area (Å²) in [4.78, 5) is 53.4. The molecule has 9 heterocycles. The number of amides is 1. The second-order valence-corrected chi connectivity index (χ2v) is 18.0. The van der Waals surface area contributed by atoms with Crippen molar-refractivity contribution < 1.29 is 13.6 Å². The molecule has 0 saturated carbocycles. The van der Waals surface area contributed by atoms with E-state index in [1.807, 2.05) is 82.3 Å². The van der Waals surface area contributed by atoms with E-state index in [1.165, 1.54) is 18.2 Å². The molecular weight excluding hydrogens is 887 g/mol. The molecular formula is C53H38F2N14O. The molecule has 0 aliphatic rings. The van der Waals surface area contributed by atoms with Gasteiger partial charge in [0.05, 0.1) is 44.8 Å². The molecule has 0 aliphatic heterocycles. The first-order valence-corrected chi connectivity index (χ1v) is 22.3. The molecule has 17 heteroatoms. The molecule has 0 fully saturated rings. The highest BCUT2D eigenvalue weighted by Gasteiger charge is 2.25. The third-order valence-corrected chi connectivity index (χ3v) is 12.2. The van der Waals surface area contributed by atoms with E-state index in [0.717, 1.165) is 16.7 Å². The Morgan fingerprint density at radius 1 is 0.571 bits per heavy atom. The van der Waals surface area contributed by atoms with Crippen LogP contribution in [0.2, 0.25) is 0 Å². The van der Waals surface area contributed by atoms with E-state index in [0.29, 0.717) is 112 Å². The Labute approximate surface area is 396 Å². The maximum Gasteiger partial charge on any atom is 0.229 e. The normalized spacial score (nSPS) is 11.9. The zero-order valence-corrected chi connectivity index (χ0v) is 37.8. The molecule has 0 bridgehead atoms. The molecule has 70 heavy (non-hydrogen) atoms. The van der Waals surface area contributed by atoms with Gasteiger partial charge in [0.25, 0.3) is 0 Å². The summed E-state index contributed by atoms with van der Waals surface area (Å²) < 4.78 is 30.4. The van der Waals surface area contributed by atoms with Crippen molar-refractivity contribution in [1.29, 1.82) is 0 Å². The van der Waals surface area contributed by atoms with Gasteiger partial charge in [0.1, 0.15) is 33.7 Å². The molecule has 340 valence electrons. The fourth-order valence-corrected chi connectivity index (χ4v) is 8.55. The number of rotatable bonds is 8. The lowest BCUT2D eigenvalue weighted by Crippen LogP contribution is -2.27. The van der Waals surface area contributed by atoms with Gasteiger partial charge in [0.15, 0.2) is 23.0 Å². The SMILES string of the molecule is Cc1ccncc1-c1cc(-c2cc(-c3nccc4[nH]c(-c5n[nH]c6ccc(-c7cccc(NC(=O)C(C)(C)C)c7)nc56)nc34)ccc2F)c2[nH]nc(-c3nc4c(-c5ccc(F)cc5)nccc4[nH]3)c2n1. The van der Waals surface area contributed by atoms with Crippen molar-refractivity contribution >= 4 is 55.7 Å². The van der Waals surface area contributed by atoms with E-state index in [9.17, 15) is 9.18 Å². The van der Waals surface area contributed by atoms with Gasteiger partial charge in [0.2, 0.25) is 5.91 Å². The van der Waals surface area contributed by atoms with Crippen LogP contribution in [0.3, 0.4) is 0 Å². The summed E-state index contributed by atoms with van der Waals surface area (Å²) in [7, 11) is 0. The number of hydrogen-bond acceptors (Lipinski definition) is 10. The van der Waals surface area contributed by atoms with E-state index in [-0.39, 0.29) is 17.3 Å². The molecule has 1 amide bonds. The summed E-state index contributed by atoms with van der Waals surface area (Å²) in [5, 5.41) is 18.6. The van der Waals surface area contributed by atoms with Crippen LogP contribution in [-0.2, 0) is 4.79 Å². The quantitative estimate of drug-likeness (QED) is 0.0974. The fourth-order valence-electron chi connectivity index (χ4n) is 8.55. The lowest BCUT2D eigenvalue weighted by Gasteiger charge is -2.18. The number of anilines is 1. The van der Waals surface area contributed by atoms with Crippen LogP contribution in [0, 0.1) is 24.0 Å². The van der Waals surface area contributed by atoms with E-state index in [1.54, 1.807) is 55.1 Å². The number of carbonyl (C=O) groups excluding carboxylic acids is 1. The molecule has 0 saturated heterocycles. The van der Waals surface area contributed by atoms with E-state index in [4.69, 9.17) is 30.0 Å². The van der Waals surface area contributed by atoms with Crippen molar-refractivity contribution in [2.24, 2.45) is 5.41 Å². The summed E-state index contributed by atoms with van der Waals surface area (Å²) in [6, 6.07) is 29.6. The van der Waals surface area contributed by atoms with Gasteiger partial charge in [0, 0.05) is 69.3 Å². The Hall–Kier alpha value is -9.38. The van der Waals surface area contributed by atoms with Crippen molar-refractivity contribution in [1.82, 2.24) is 65.3 Å². The lowest BCUT2D eigenvalue weighted by molar-refractivity contribution is -0.123. The van der Waals surface area contributed by atoms with Crippen LogP contribution in [0.5, 0.6) is 0 Å². The predicted octanol–water partition coefficient (Wildman–Crippen LogP) is 11.4. The van der Waals surface area contributed by atoms with Crippen LogP contribution >= 0.6 is 0 Å². The van der Waals surface area contributed by atoms with Gasteiger partial charge in [-0.3, -0.25) is 29.9 Å². The Morgan fingerprint density at radius 2 is 1.24 bits per heavy atom. The number of pyridine rings is 5. The van der Waals surface area contributed by atoms with E-state index >= 15 is 4.39 Å². The Balaban J connectivity index is 0.949. The Morgan fingerprint density at radius 3 is 1.97 bits per heavy atom. The second kappa shape index (κ2) is 16.2. The minimum atomic E-state index is -0.557. The predicted molar refractivity (Wildman–Crippen MR) is 265 cm³/mol. The van der Waals surface area contributed by atoms with Gasteiger partial charge in [-0.15, -0.1) is 0 Å². The van der Waals surface area contributed by atoms with Gasteiger partial charge in [-0.05, 0) is 103 Å². The molecule has 3 aromatic carbocycles. The minimum absolute atomic E-state index is 0.0920. The fraction of sp³-hybridized carbons (Fsp3) is 0.0943. The number of aromatic nitrogens is 13. The summed E-state index contributed by atoms with van der Waals surface area (Å²) >= 11 is 0. The molecule has 0 aliphatic carbocycles. The van der Waals surface area contributed by atoms with Gasteiger partial charge in [-0.2, -0.15) is 10.2 Å². The first-order valence-electron chi connectivity index (χ1n) is 22.3. The summed E-state index contributed by atoms with van der Waals surface area (Å²) in [5.41, 5.74) is 12.5. The average molecular weight is 925 g/mol. The first kappa shape index (κ1) is 42.0. The second-order valence-electron chi connectivity index (χ2n) is 18.0. The molecule has 12 rings (SSSR count). The van der Waals surface area contributed by atoms with Gasteiger partial charge >= 0.3 is 0 Å². The largest absolute Gasteiger partial charge is 0.336 e. The molecule has 15 nitrogen and oxygen atoms in total. The number of hydrogen-bond donors (Lipinski definition) is 5. The van der Waals surface area contributed by atoms with Crippen LogP contribution in [0.1, 0.15) is 26.3 Å². The highest BCUT2D eigenvalue weighted by Crippen LogP contribution is 2.40. The van der Waals surface area contributed by atoms with Gasteiger partial charge < -0.3 is 15.3 Å². The summed E-state index contributed by atoms with van der Waals surface area (Å²) in [6.45, 7) is 7.56. The molecule has 9 aromatic heterocycles. The zero-order valence-electron chi connectivity index (χ0n) is 37.8. The topological polar surface area (TPSA) is 208 Å². The summed E-state index contributed by atoms with van der Waals surface area (Å²) in [5.74, 6) is -0.0718. The third-order valence-electron chi connectivity index (χ3n) is 12.2. The highest BCUT2D eigenvalue weighted by atomic mass is 19.1. The Kier molecular flexibility index (Phi) is 9.69. The maximum absolute atomic E-state index is 16.5. The molecule has 0 radical (unpaired) electrons. The standard InChI is InChI=1S/C53H38F2N14O/c1-26-16-19-56-25-34(26)40-24-33(43-47(61-40)49(69-67-43)51-63-37-17-20-57-41(44(37)64-51)27-8-11-30(54)12-9-27)32-23-29(10-13-35(32)55)42-45-38(18-21-58-42)62-50(65-45)48-46-39(66-68-48)15-14-36(60-46)28-6-5-7-31(22-28)59-52(70)53(2,3)4/h5-25H,1-4H3,(H,59,70)(H,62,65)(H,63,64)(H,66,68)(H,67,69). The number of aromatic amines is 4. The van der Waals surface area contributed by atoms with Crippen LogP contribution in [0.25, 0.3) is 123 Å². The molecule has 0 unspecified atom stereocenters. The molecule has 0 atom stereocenters. The smallest absolute Gasteiger partial charge is 0.229 e. The third kappa shape index (κ3) is 7.27. The molecule has 5 N–H and O–H groups in total. The van der Waals surface area contributed by atoms with Crippen LogP contribution < -0.4 is 5.32 Å². The molecule has 0 spiro atoms. The first-order chi connectivity index (χ1) is 33.9. The number of halogens is 2. The van der Waals surface area contributed by atoms with Crippen molar-refractivity contribution in [2.45, 2.75) is 27.7 Å². The number of aryl methyl sites for hydroxylation is 1. The van der Waals surface area contributed by atoms with E-state index in [2.05, 4.69) is 40.5 Å². The number of nitrogens with zero attached hydrogens (tertiary/aromatic N) is 9. The number of H-pyrrole nitrogens is 4. The number of benzene rings is 3. The summed E-state index contributed by atoms with van der Waals surface area (Å²) in [6.07, 6.45) is 6.77. The van der Waals surface area contributed by atoms with Crippen LogP contribution in [-0.4, -0.2) is 71.2 Å². The van der Waals surface area contributed by atoms with Crippen molar-refractivity contribution in [2.75, 3.05) is 5.32 Å². The Bertz CT molecular complexity index is 4050. The van der Waals surface area contributed by atoms with Gasteiger partial charge in [-0.25, -0.2) is 28.7 Å². The van der Waals surface area contributed by atoms with E-state index < -0.39 is 11.2 Å². The minimum Gasteiger partial charge on any atom is -0.336 e. The monoisotopic (exact) mass is 924 g/mol. The van der Waals surface area contributed by atoms with Crippen molar-refractivity contribution in [3.63, 3.8) is 0 Å². The molecule has 12 aromatic rings. The number of fused-ring (bicyclic) bond motifs is 4. The number of nitrogens with one attached hydrogen (secondary N) is 5. The highest BCUT2D eigenvalue weighted by molar-refractivity contribution is 6.03. The average Bonchev–Trinajstić information content (AvgIpc) is 4.18. The number of imidazole rings is 2. The van der Waals surface area contributed by atoms with Crippen LogP contribution in [0.4, 0.5) is 14.5 Å². The van der Waals surface area contributed by atoms with Gasteiger partial charge in [-0.1, -0.05) is 32.9 Å². The lowest BCUT2D eigenvalue weighted by atomic mass is 9.95. The number of carbonyl (C=O) groups is 1. The van der Waals surface area contributed by atoms with Crippen molar-refractivity contribution in [3.05, 3.63) is 145 Å². The maximum atomic E-state index is 16.5. The zero-order chi connectivity index (χ0) is 47.8. The van der Waals surface area contributed by atoms with Crippen molar-refractivity contribution in [3.8, 4) is 79.2 Å². The van der Waals surface area contributed by atoms with Crippen LogP contribution in [0.15, 0.2) is 128 Å².